The molecule has 1 atom stereocenters. The van der Waals surface area contributed by atoms with E-state index in [4.69, 9.17) is 9.47 Å². The molecule has 2 heterocycles. The number of carbonyl (C=O) groups is 1. The number of hydrogen-bond donors (Lipinski definition) is 1. The number of carbonyl (C=O) groups excluding carboxylic acids is 1. The van der Waals surface area contributed by atoms with Crippen molar-refractivity contribution in [3.05, 3.63) is 143 Å². The number of esters is 1. The summed E-state index contributed by atoms with van der Waals surface area (Å²) in [7, 11) is 0. The largest absolute Gasteiger partial charge is 0.456 e. The molecule has 5 nitrogen and oxygen atoms in total. The van der Waals surface area contributed by atoms with Gasteiger partial charge in [-0.3, -0.25) is 0 Å². The molecule has 0 fully saturated rings. The van der Waals surface area contributed by atoms with Crippen LogP contribution in [0.4, 0.5) is 22.7 Å². The molecule has 1 spiro atoms. The average Bonchev–Trinajstić information content (AvgIpc) is 3.28. The molecule has 0 bridgehead atoms. The molecule has 5 aromatic rings. The Morgan fingerprint density at radius 3 is 2.22 bits per heavy atom. The lowest BCUT2D eigenvalue weighted by Gasteiger charge is -2.38. The van der Waals surface area contributed by atoms with Gasteiger partial charge in [-0.1, -0.05) is 54.1 Å². The zero-order valence-corrected chi connectivity index (χ0v) is 23.3. The Hall–Kier alpha value is -5.03. The van der Waals surface area contributed by atoms with E-state index in [1.165, 1.54) is 5.56 Å². The van der Waals surface area contributed by atoms with Gasteiger partial charge in [0.05, 0.1) is 5.56 Å². The van der Waals surface area contributed by atoms with Gasteiger partial charge >= 0.3 is 5.97 Å². The van der Waals surface area contributed by atoms with Crippen molar-refractivity contribution in [2.45, 2.75) is 26.4 Å². The van der Waals surface area contributed by atoms with E-state index in [1.54, 1.807) is 0 Å². The molecular formula is C36H30N2O3. The van der Waals surface area contributed by atoms with Crippen molar-refractivity contribution < 1.29 is 14.3 Å². The van der Waals surface area contributed by atoms with Crippen LogP contribution in [0.3, 0.4) is 0 Å². The van der Waals surface area contributed by atoms with Crippen molar-refractivity contribution in [2.24, 2.45) is 0 Å². The molecule has 41 heavy (non-hydrogen) atoms. The average molecular weight is 539 g/mol. The third-order valence-corrected chi connectivity index (χ3v) is 8.07. The quantitative estimate of drug-likeness (QED) is 0.227. The van der Waals surface area contributed by atoms with E-state index in [0.717, 1.165) is 51.5 Å². The van der Waals surface area contributed by atoms with Crippen molar-refractivity contribution >= 4 is 28.7 Å². The van der Waals surface area contributed by atoms with Crippen LogP contribution in [-0.2, 0) is 10.3 Å². The van der Waals surface area contributed by atoms with Crippen molar-refractivity contribution in [1.29, 1.82) is 0 Å². The second kappa shape index (κ2) is 9.56. The van der Waals surface area contributed by atoms with E-state index in [0.29, 0.717) is 17.1 Å². The van der Waals surface area contributed by atoms with E-state index < -0.39 is 5.60 Å². The molecule has 0 amide bonds. The second-order valence-electron chi connectivity index (χ2n) is 10.6. The summed E-state index contributed by atoms with van der Waals surface area (Å²) in [5.74, 6) is 1.01. The Balaban J connectivity index is 1.41. The SMILES string of the molecule is CCN(c1ccc(C)cc1)c1ccc2c(c1)Oc1cc(C)c(Nc3ccccc3)cc1[C@]21OC(=O)c2ccccc21. The fraction of sp³-hybridized carbons (Fsp3) is 0.139. The fourth-order valence-electron chi connectivity index (χ4n) is 6.03. The number of rotatable bonds is 5. The minimum atomic E-state index is -1.13. The number of nitrogens with zero attached hydrogens (tertiary/aromatic N) is 1. The van der Waals surface area contributed by atoms with Gasteiger partial charge in [0.2, 0.25) is 0 Å². The maximum absolute atomic E-state index is 13.3. The Labute approximate surface area is 240 Å². The molecule has 5 heteroatoms. The Morgan fingerprint density at radius 1 is 0.732 bits per heavy atom. The summed E-state index contributed by atoms with van der Waals surface area (Å²) < 4.78 is 13.1. The molecule has 2 aliphatic heterocycles. The normalized spacial score (nSPS) is 16.3. The lowest BCUT2D eigenvalue weighted by Crippen LogP contribution is -2.33. The van der Waals surface area contributed by atoms with Crippen LogP contribution in [0, 0.1) is 13.8 Å². The summed E-state index contributed by atoms with van der Waals surface area (Å²) in [4.78, 5) is 15.6. The molecule has 0 saturated carbocycles. The van der Waals surface area contributed by atoms with Gasteiger partial charge in [-0.05, 0) is 80.9 Å². The molecule has 2 aliphatic rings. The Morgan fingerprint density at radius 2 is 1.44 bits per heavy atom. The van der Waals surface area contributed by atoms with Crippen LogP contribution in [0.5, 0.6) is 11.5 Å². The van der Waals surface area contributed by atoms with Gasteiger partial charge < -0.3 is 19.7 Å². The predicted molar refractivity (Wildman–Crippen MR) is 163 cm³/mol. The van der Waals surface area contributed by atoms with Crippen LogP contribution in [0.1, 0.15) is 45.1 Å². The highest BCUT2D eigenvalue weighted by Crippen LogP contribution is 2.57. The Kier molecular flexibility index (Phi) is 5.82. The summed E-state index contributed by atoms with van der Waals surface area (Å²) >= 11 is 0. The first-order valence-electron chi connectivity index (χ1n) is 13.9. The second-order valence-corrected chi connectivity index (χ2v) is 10.6. The lowest BCUT2D eigenvalue weighted by molar-refractivity contribution is 0.0224. The molecule has 0 saturated heterocycles. The number of aryl methyl sites for hydroxylation is 2. The first-order valence-corrected chi connectivity index (χ1v) is 13.9. The van der Waals surface area contributed by atoms with Gasteiger partial charge in [-0.15, -0.1) is 0 Å². The number of ether oxygens (including phenoxy) is 2. The molecule has 7 rings (SSSR count). The van der Waals surface area contributed by atoms with Crippen LogP contribution in [0.15, 0.2) is 109 Å². The molecule has 0 aromatic heterocycles. The van der Waals surface area contributed by atoms with E-state index in [1.807, 2.05) is 66.7 Å². The standard InChI is InChI=1S/C36H30N2O3/c1-4-38(26-16-14-23(2)15-17-26)27-18-19-30-34(21-27)40-33-20-24(3)32(37-25-10-6-5-7-11-25)22-31(33)36(30)29-13-9-8-12-28(29)35(39)41-36/h5-22,37H,4H2,1-3H3/t36-/m1/s1. The van der Waals surface area contributed by atoms with Gasteiger partial charge in [0.1, 0.15) is 11.5 Å². The highest BCUT2D eigenvalue weighted by atomic mass is 16.6. The van der Waals surface area contributed by atoms with Crippen LogP contribution < -0.4 is 15.0 Å². The van der Waals surface area contributed by atoms with Crippen molar-refractivity contribution in [3.63, 3.8) is 0 Å². The maximum Gasteiger partial charge on any atom is 0.340 e. The summed E-state index contributed by atoms with van der Waals surface area (Å²) in [5.41, 5.74) is 8.13. The highest BCUT2D eigenvalue weighted by Gasteiger charge is 2.53. The Bertz CT molecular complexity index is 1800. The molecule has 0 aliphatic carbocycles. The van der Waals surface area contributed by atoms with Gasteiger partial charge in [0.15, 0.2) is 5.60 Å². The van der Waals surface area contributed by atoms with E-state index in [9.17, 15) is 4.79 Å². The summed E-state index contributed by atoms with van der Waals surface area (Å²) in [6, 6.07) is 36.5. The predicted octanol–water partition coefficient (Wildman–Crippen LogP) is 8.77. The van der Waals surface area contributed by atoms with Crippen LogP contribution in [0.2, 0.25) is 0 Å². The van der Waals surface area contributed by atoms with Crippen molar-refractivity contribution in [2.75, 3.05) is 16.8 Å². The van der Waals surface area contributed by atoms with Gasteiger partial charge in [0, 0.05) is 52.1 Å². The topological polar surface area (TPSA) is 50.8 Å². The first-order chi connectivity index (χ1) is 20.0. The third-order valence-electron chi connectivity index (χ3n) is 8.07. The van der Waals surface area contributed by atoms with Gasteiger partial charge in [-0.2, -0.15) is 0 Å². The highest BCUT2D eigenvalue weighted by molar-refractivity contribution is 5.97. The zero-order valence-electron chi connectivity index (χ0n) is 23.3. The van der Waals surface area contributed by atoms with Gasteiger partial charge in [0.25, 0.3) is 0 Å². The minimum absolute atomic E-state index is 0.337. The van der Waals surface area contributed by atoms with Crippen molar-refractivity contribution in [3.8, 4) is 11.5 Å². The van der Waals surface area contributed by atoms with Crippen LogP contribution >= 0.6 is 0 Å². The number of fused-ring (bicyclic) bond motifs is 6. The molecule has 0 radical (unpaired) electrons. The summed E-state index contributed by atoms with van der Waals surface area (Å²) in [6.45, 7) is 7.07. The summed E-state index contributed by atoms with van der Waals surface area (Å²) in [6.07, 6.45) is 0. The number of benzene rings is 5. The monoisotopic (exact) mass is 538 g/mol. The molecule has 1 N–H and O–H groups in total. The molecule has 5 aromatic carbocycles. The fourth-order valence-corrected chi connectivity index (χ4v) is 6.03. The van der Waals surface area contributed by atoms with Crippen LogP contribution in [-0.4, -0.2) is 12.5 Å². The van der Waals surface area contributed by atoms with E-state index in [2.05, 4.69) is 73.5 Å². The van der Waals surface area contributed by atoms with E-state index in [-0.39, 0.29) is 5.97 Å². The maximum atomic E-state index is 13.3. The number of para-hydroxylation sites is 1. The molecule has 0 unspecified atom stereocenters. The zero-order chi connectivity index (χ0) is 28.1. The smallest absolute Gasteiger partial charge is 0.340 e. The number of hydrogen-bond acceptors (Lipinski definition) is 5. The lowest BCUT2D eigenvalue weighted by atomic mass is 9.77. The minimum Gasteiger partial charge on any atom is -0.456 e. The van der Waals surface area contributed by atoms with Gasteiger partial charge in [-0.25, -0.2) is 4.79 Å². The number of anilines is 4. The molecule has 202 valence electrons. The first kappa shape index (κ1) is 25.0. The molecular weight excluding hydrogens is 508 g/mol. The van der Waals surface area contributed by atoms with Crippen molar-refractivity contribution in [1.82, 2.24) is 0 Å². The summed E-state index contributed by atoms with van der Waals surface area (Å²) in [5, 5.41) is 3.54. The number of nitrogens with one attached hydrogen (secondary N) is 1. The third kappa shape index (κ3) is 3.96. The van der Waals surface area contributed by atoms with Crippen LogP contribution in [0.25, 0.3) is 0 Å². The van der Waals surface area contributed by atoms with E-state index >= 15 is 0 Å².